The monoisotopic (exact) mass is 412 g/mol. The molecule has 2 heterocycles. The molecule has 0 spiro atoms. The lowest BCUT2D eigenvalue weighted by atomic mass is 10.1. The smallest absolute Gasteiger partial charge is 0.202 e. The molecule has 0 bridgehead atoms. The topological polar surface area (TPSA) is 98.8 Å². The summed E-state index contributed by atoms with van der Waals surface area (Å²) in [5.74, 6) is 0.538. The number of hydrogen-bond donors (Lipinski definition) is 3. The number of hydrogen-bond acceptors (Lipinski definition) is 7. The van der Waals surface area contributed by atoms with Gasteiger partial charge in [-0.15, -0.1) is 0 Å². The van der Waals surface area contributed by atoms with Crippen LogP contribution in [0.2, 0.25) is 0 Å². The van der Waals surface area contributed by atoms with Gasteiger partial charge >= 0.3 is 0 Å². The number of nitrogens with zero attached hydrogens (tertiary/aromatic N) is 4. The van der Waals surface area contributed by atoms with Gasteiger partial charge in [0.25, 0.3) is 0 Å². The van der Waals surface area contributed by atoms with Crippen LogP contribution < -0.4 is 10.8 Å². The first kappa shape index (κ1) is 17.8. The van der Waals surface area contributed by atoms with E-state index in [0.717, 1.165) is 19.5 Å². The highest BCUT2D eigenvalue weighted by Crippen LogP contribution is 2.23. The molecular formula is C15H18BrFN6O2. The third kappa shape index (κ3) is 4.33. The average molecular weight is 413 g/mol. The Labute approximate surface area is 152 Å². The maximum Gasteiger partial charge on any atom is 0.202 e. The summed E-state index contributed by atoms with van der Waals surface area (Å²) in [5.41, 5.74) is 2.66. The lowest BCUT2D eigenvalue weighted by molar-refractivity contribution is 0.234. The van der Waals surface area contributed by atoms with Crippen molar-refractivity contribution < 1.29 is 14.2 Å². The van der Waals surface area contributed by atoms with E-state index < -0.39 is 5.82 Å². The molecule has 0 amide bonds. The predicted octanol–water partition coefficient (Wildman–Crippen LogP) is 2.39. The molecular weight excluding hydrogens is 395 g/mol. The van der Waals surface area contributed by atoms with Crippen LogP contribution in [0.4, 0.5) is 15.9 Å². The van der Waals surface area contributed by atoms with Crippen molar-refractivity contribution >= 4 is 33.3 Å². The Morgan fingerprint density at radius 1 is 1.52 bits per heavy atom. The first-order valence-electron chi connectivity index (χ1n) is 7.76. The van der Waals surface area contributed by atoms with Crippen molar-refractivity contribution in [1.82, 2.24) is 20.7 Å². The highest BCUT2D eigenvalue weighted by Gasteiger charge is 2.22. The third-order valence-electron chi connectivity index (χ3n) is 4.01. The number of benzene rings is 1. The van der Waals surface area contributed by atoms with Crippen molar-refractivity contribution in [3.63, 3.8) is 0 Å². The summed E-state index contributed by atoms with van der Waals surface area (Å²) >= 11 is 3.10. The molecule has 3 rings (SSSR count). The molecule has 25 heavy (non-hydrogen) atoms. The molecule has 0 radical (unpaired) electrons. The zero-order valence-corrected chi connectivity index (χ0v) is 15.1. The summed E-state index contributed by atoms with van der Waals surface area (Å²) in [5, 5.41) is 20.2. The highest BCUT2D eigenvalue weighted by molar-refractivity contribution is 9.10. The third-order valence-corrected chi connectivity index (χ3v) is 4.62. The van der Waals surface area contributed by atoms with Crippen molar-refractivity contribution in [3.05, 3.63) is 34.2 Å². The van der Waals surface area contributed by atoms with E-state index in [0.29, 0.717) is 24.0 Å². The van der Waals surface area contributed by atoms with Gasteiger partial charge in [0.1, 0.15) is 5.82 Å². The van der Waals surface area contributed by atoms with E-state index in [-0.39, 0.29) is 16.0 Å². The average Bonchev–Trinajstić information content (AvgIpc) is 3.22. The lowest BCUT2D eigenvalue weighted by Gasteiger charge is -2.11. The summed E-state index contributed by atoms with van der Waals surface area (Å²) in [6.45, 7) is 2.80. The molecule has 0 unspecified atom stereocenters. The maximum absolute atomic E-state index is 13.3. The Morgan fingerprint density at radius 2 is 2.36 bits per heavy atom. The van der Waals surface area contributed by atoms with Gasteiger partial charge in [0.15, 0.2) is 11.5 Å². The number of hydroxylamine groups is 1. The molecule has 3 N–H and O–H groups in total. The van der Waals surface area contributed by atoms with Gasteiger partial charge in [-0.2, -0.15) is 0 Å². The predicted molar refractivity (Wildman–Crippen MR) is 93.6 cm³/mol. The van der Waals surface area contributed by atoms with Gasteiger partial charge in [-0.3, -0.25) is 10.7 Å². The Morgan fingerprint density at radius 3 is 3.04 bits per heavy atom. The maximum atomic E-state index is 13.3. The van der Waals surface area contributed by atoms with Crippen LogP contribution in [0, 0.1) is 11.7 Å². The second kappa shape index (κ2) is 7.89. The van der Waals surface area contributed by atoms with Crippen molar-refractivity contribution in [3.8, 4) is 0 Å². The first-order chi connectivity index (χ1) is 12.1. The Kier molecular flexibility index (Phi) is 5.61. The van der Waals surface area contributed by atoms with Crippen LogP contribution in [0.1, 0.15) is 12.1 Å². The van der Waals surface area contributed by atoms with E-state index in [9.17, 15) is 9.60 Å². The normalized spacial score (nSPS) is 18.6. The summed E-state index contributed by atoms with van der Waals surface area (Å²) in [7, 11) is 2.09. The second-order valence-electron chi connectivity index (χ2n) is 5.93. The number of aromatic nitrogens is 2. The molecule has 1 aromatic heterocycles. The molecule has 2 aromatic rings. The van der Waals surface area contributed by atoms with Gasteiger partial charge in [-0.05, 0) is 70.4 Å². The highest BCUT2D eigenvalue weighted by atomic mass is 79.9. The molecule has 0 aliphatic carbocycles. The van der Waals surface area contributed by atoms with Crippen molar-refractivity contribution in [2.75, 3.05) is 32.0 Å². The fourth-order valence-corrected chi connectivity index (χ4v) is 3.08. The Hall–Kier alpha value is -2.04. The van der Waals surface area contributed by atoms with Crippen LogP contribution in [0.25, 0.3) is 0 Å². The van der Waals surface area contributed by atoms with Crippen LogP contribution in [-0.2, 0) is 0 Å². The van der Waals surface area contributed by atoms with Gasteiger partial charge in [-0.25, -0.2) is 14.0 Å². The summed E-state index contributed by atoms with van der Waals surface area (Å²) in [6, 6.07) is 4.24. The number of likely N-dealkylation sites (tertiary alicyclic amines) is 1. The van der Waals surface area contributed by atoms with Gasteiger partial charge in [0.05, 0.1) is 10.2 Å². The zero-order valence-electron chi connectivity index (χ0n) is 13.5. The van der Waals surface area contributed by atoms with Crippen LogP contribution >= 0.6 is 15.9 Å². The molecule has 134 valence electrons. The van der Waals surface area contributed by atoms with Crippen LogP contribution in [-0.4, -0.2) is 52.9 Å². The Balaban J connectivity index is 1.76. The minimum absolute atomic E-state index is 0.0470. The van der Waals surface area contributed by atoms with Crippen LogP contribution in [0.3, 0.4) is 0 Å². The minimum atomic E-state index is -0.399. The van der Waals surface area contributed by atoms with Crippen LogP contribution in [0.15, 0.2) is 32.3 Å². The molecule has 8 nitrogen and oxygen atoms in total. The van der Waals surface area contributed by atoms with Gasteiger partial charge in [-0.1, -0.05) is 0 Å². The summed E-state index contributed by atoms with van der Waals surface area (Å²) < 4.78 is 18.4. The molecule has 1 fully saturated rings. The first-order valence-corrected chi connectivity index (χ1v) is 8.55. The fraction of sp³-hybridized carbons (Fsp3) is 0.400. The van der Waals surface area contributed by atoms with Gasteiger partial charge < -0.3 is 10.2 Å². The van der Waals surface area contributed by atoms with E-state index in [1.54, 1.807) is 0 Å². The quantitative estimate of drug-likeness (QED) is 0.393. The number of rotatable bonds is 5. The number of nitrogens with one attached hydrogen (secondary N) is 2. The van der Waals surface area contributed by atoms with E-state index in [1.165, 1.54) is 18.2 Å². The van der Waals surface area contributed by atoms with Crippen molar-refractivity contribution in [1.29, 1.82) is 0 Å². The Bertz CT molecular complexity index is 768. The van der Waals surface area contributed by atoms with Crippen molar-refractivity contribution in [2.45, 2.75) is 6.42 Å². The summed E-state index contributed by atoms with van der Waals surface area (Å²) in [4.78, 5) is 6.49. The second-order valence-corrected chi connectivity index (χ2v) is 6.78. The van der Waals surface area contributed by atoms with Gasteiger partial charge in [0, 0.05) is 13.1 Å². The molecule has 1 saturated heterocycles. The number of halogens is 2. The minimum Gasteiger partial charge on any atom is -0.365 e. The zero-order chi connectivity index (χ0) is 17.8. The largest absolute Gasteiger partial charge is 0.365 e. The van der Waals surface area contributed by atoms with E-state index in [1.807, 2.05) is 5.48 Å². The van der Waals surface area contributed by atoms with E-state index >= 15 is 0 Å². The number of anilines is 1. The van der Waals surface area contributed by atoms with Gasteiger partial charge in [0.2, 0.25) is 5.82 Å². The standard InChI is InChI=1S/C15H18BrFN6O2/c1-23-5-4-9(8-23)7-18-14-13(21-25-22-14)15(20-24)19-10-2-3-12(17)11(16)6-10/h2-3,6,9,24H,4-5,7-8H2,1H3,(H,18,22)(H,19,20)/t9-/m0/s1. The van der Waals surface area contributed by atoms with Crippen molar-refractivity contribution in [2.24, 2.45) is 10.9 Å². The fourth-order valence-electron chi connectivity index (χ4n) is 2.71. The molecule has 0 saturated carbocycles. The molecule has 1 aliphatic rings. The number of aliphatic imine (C=N–C) groups is 1. The molecule has 1 atom stereocenters. The van der Waals surface area contributed by atoms with E-state index in [4.69, 9.17) is 4.63 Å². The SMILES string of the molecule is CN1CC[C@@H](CNc2nonc2C(=Nc2ccc(F)c(Br)c2)NO)C1. The molecule has 1 aromatic carbocycles. The van der Waals surface area contributed by atoms with E-state index in [2.05, 4.69) is 48.5 Å². The molecule has 10 heteroatoms. The lowest BCUT2D eigenvalue weighted by Crippen LogP contribution is -2.24. The summed E-state index contributed by atoms with van der Waals surface area (Å²) in [6.07, 6.45) is 1.10. The molecule has 1 aliphatic heterocycles. The van der Waals surface area contributed by atoms with Crippen LogP contribution in [0.5, 0.6) is 0 Å². The number of amidine groups is 1.